The van der Waals surface area contributed by atoms with Crippen molar-refractivity contribution in [1.29, 1.82) is 0 Å². The number of nitrogens with zero attached hydrogens (tertiary/aromatic N) is 1. The number of carbonyl (C=O) groups is 2. The number of ether oxygens (including phenoxy) is 2. The summed E-state index contributed by atoms with van der Waals surface area (Å²) in [6.07, 6.45) is 1.32. The Labute approximate surface area is 150 Å². The molecule has 0 radical (unpaired) electrons. The molecule has 0 unspecified atom stereocenters. The molecule has 0 fully saturated rings. The highest BCUT2D eigenvalue weighted by atomic mass is 16.5. The van der Waals surface area contributed by atoms with E-state index in [0.717, 1.165) is 4.57 Å². The topological polar surface area (TPSA) is 107 Å². The number of aromatic nitrogens is 1. The molecule has 1 aromatic heterocycles. The first-order valence-corrected chi connectivity index (χ1v) is 7.88. The lowest BCUT2D eigenvalue weighted by molar-refractivity contribution is 0.0471. The molecule has 1 heterocycles. The van der Waals surface area contributed by atoms with Gasteiger partial charge in [-0.25, -0.2) is 4.79 Å². The van der Waals surface area contributed by atoms with Crippen molar-refractivity contribution in [3.63, 3.8) is 0 Å². The Bertz CT molecular complexity index is 859. The van der Waals surface area contributed by atoms with E-state index in [1.807, 2.05) is 0 Å². The van der Waals surface area contributed by atoms with E-state index in [4.69, 9.17) is 14.6 Å². The number of hydrogen-bond acceptors (Lipinski definition) is 6. The summed E-state index contributed by atoms with van der Waals surface area (Å²) < 4.78 is 11.7. The van der Waals surface area contributed by atoms with Gasteiger partial charge in [-0.3, -0.25) is 9.59 Å². The van der Waals surface area contributed by atoms with Crippen LogP contribution in [-0.4, -0.2) is 41.8 Å². The Kier molecular flexibility index (Phi) is 6.51. The standard InChI is InChI=1S/C18H20N2O6/c1-19-16(22)15-9-13(10-20(2)17(15)23)18(24)26-11-12-4-3-5-14(8-12)25-7-6-21/h3-5,8-10,21H,6-7,11H2,1-2H3,(H,19,22). The van der Waals surface area contributed by atoms with Crippen LogP contribution in [0.2, 0.25) is 0 Å². The highest BCUT2D eigenvalue weighted by Crippen LogP contribution is 2.15. The summed E-state index contributed by atoms with van der Waals surface area (Å²) in [7, 11) is 2.85. The fourth-order valence-electron chi connectivity index (χ4n) is 2.24. The molecule has 2 aromatic rings. The second-order valence-electron chi connectivity index (χ2n) is 5.43. The maximum absolute atomic E-state index is 12.3. The average Bonchev–Trinajstić information content (AvgIpc) is 2.66. The molecule has 1 aromatic carbocycles. The van der Waals surface area contributed by atoms with Crippen LogP contribution in [0.25, 0.3) is 0 Å². The number of hydrogen-bond donors (Lipinski definition) is 2. The monoisotopic (exact) mass is 360 g/mol. The van der Waals surface area contributed by atoms with Gasteiger partial charge in [0.05, 0.1) is 12.2 Å². The van der Waals surface area contributed by atoms with Crippen molar-refractivity contribution in [3.05, 3.63) is 63.6 Å². The Morgan fingerprint density at radius 3 is 2.73 bits per heavy atom. The van der Waals surface area contributed by atoms with Crippen LogP contribution in [0.5, 0.6) is 5.75 Å². The molecule has 8 heteroatoms. The number of aryl methyl sites for hydroxylation is 1. The zero-order valence-electron chi connectivity index (χ0n) is 14.5. The minimum Gasteiger partial charge on any atom is -0.491 e. The number of carbonyl (C=O) groups excluding carboxylic acids is 2. The lowest BCUT2D eigenvalue weighted by atomic mass is 10.2. The SMILES string of the molecule is CNC(=O)c1cc(C(=O)OCc2cccc(OCCO)c2)cn(C)c1=O. The number of aliphatic hydroxyl groups is 1. The Morgan fingerprint density at radius 1 is 1.27 bits per heavy atom. The van der Waals surface area contributed by atoms with Crippen molar-refractivity contribution in [1.82, 2.24) is 9.88 Å². The molecule has 2 N–H and O–H groups in total. The normalized spacial score (nSPS) is 10.3. The maximum Gasteiger partial charge on any atom is 0.339 e. The lowest BCUT2D eigenvalue weighted by Crippen LogP contribution is -2.31. The number of esters is 1. The number of nitrogens with one attached hydrogen (secondary N) is 1. The smallest absolute Gasteiger partial charge is 0.339 e. The van der Waals surface area contributed by atoms with E-state index >= 15 is 0 Å². The maximum atomic E-state index is 12.3. The molecule has 0 spiro atoms. The Morgan fingerprint density at radius 2 is 2.04 bits per heavy atom. The highest BCUT2D eigenvalue weighted by molar-refractivity contribution is 5.97. The van der Waals surface area contributed by atoms with Gasteiger partial charge in [0.25, 0.3) is 11.5 Å². The molecule has 0 aliphatic rings. The summed E-state index contributed by atoms with van der Waals surface area (Å²) in [4.78, 5) is 36.0. The van der Waals surface area contributed by atoms with Crippen LogP contribution in [0.15, 0.2) is 41.3 Å². The molecule has 0 saturated carbocycles. The van der Waals surface area contributed by atoms with Gasteiger partial charge in [0, 0.05) is 20.3 Å². The Hall–Kier alpha value is -3.13. The van der Waals surface area contributed by atoms with Crippen LogP contribution in [0.3, 0.4) is 0 Å². The summed E-state index contributed by atoms with van der Waals surface area (Å²) in [5.41, 5.74) is 0.155. The summed E-state index contributed by atoms with van der Waals surface area (Å²) in [5, 5.41) is 11.1. The molecule has 26 heavy (non-hydrogen) atoms. The van der Waals surface area contributed by atoms with Crippen LogP contribution in [-0.2, 0) is 18.4 Å². The summed E-state index contributed by atoms with van der Waals surface area (Å²) in [5.74, 6) is -0.682. The largest absolute Gasteiger partial charge is 0.491 e. The fourth-order valence-corrected chi connectivity index (χ4v) is 2.24. The van der Waals surface area contributed by atoms with Crippen molar-refractivity contribution >= 4 is 11.9 Å². The molecule has 0 aliphatic heterocycles. The van der Waals surface area contributed by atoms with E-state index < -0.39 is 17.4 Å². The molecular formula is C18H20N2O6. The summed E-state index contributed by atoms with van der Waals surface area (Å²) >= 11 is 0. The summed E-state index contributed by atoms with van der Waals surface area (Å²) in [6, 6.07) is 8.13. The third kappa shape index (κ3) is 4.70. The molecule has 2 rings (SSSR count). The van der Waals surface area contributed by atoms with E-state index in [-0.39, 0.29) is 30.9 Å². The van der Waals surface area contributed by atoms with Crippen molar-refractivity contribution in [3.8, 4) is 5.75 Å². The molecule has 0 atom stereocenters. The molecule has 8 nitrogen and oxygen atoms in total. The fraction of sp³-hybridized carbons (Fsp3) is 0.278. The van der Waals surface area contributed by atoms with E-state index in [1.54, 1.807) is 24.3 Å². The van der Waals surface area contributed by atoms with Crippen LogP contribution in [0, 0.1) is 0 Å². The van der Waals surface area contributed by atoms with Gasteiger partial charge in [-0.2, -0.15) is 0 Å². The van der Waals surface area contributed by atoms with Gasteiger partial charge in [-0.05, 0) is 23.8 Å². The van der Waals surface area contributed by atoms with E-state index in [2.05, 4.69) is 5.32 Å². The van der Waals surface area contributed by atoms with E-state index in [9.17, 15) is 14.4 Å². The molecule has 138 valence electrons. The predicted molar refractivity (Wildman–Crippen MR) is 93.2 cm³/mol. The third-order valence-corrected chi connectivity index (χ3v) is 3.52. The van der Waals surface area contributed by atoms with Gasteiger partial charge in [-0.15, -0.1) is 0 Å². The third-order valence-electron chi connectivity index (χ3n) is 3.52. The highest BCUT2D eigenvalue weighted by Gasteiger charge is 2.16. The molecule has 0 saturated heterocycles. The van der Waals surface area contributed by atoms with Crippen molar-refractivity contribution in [2.24, 2.45) is 7.05 Å². The van der Waals surface area contributed by atoms with Gasteiger partial charge >= 0.3 is 5.97 Å². The van der Waals surface area contributed by atoms with Crippen LogP contribution in [0.1, 0.15) is 26.3 Å². The van der Waals surface area contributed by atoms with Crippen molar-refractivity contribution in [2.45, 2.75) is 6.61 Å². The van der Waals surface area contributed by atoms with Crippen molar-refractivity contribution in [2.75, 3.05) is 20.3 Å². The lowest BCUT2D eigenvalue weighted by Gasteiger charge is -2.09. The molecule has 0 aliphatic carbocycles. The van der Waals surface area contributed by atoms with Gasteiger partial charge in [0.1, 0.15) is 24.5 Å². The molecule has 1 amide bonds. The van der Waals surface area contributed by atoms with Crippen LogP contribution in [0.4, 0.5) is 0 Å². The summed E-state index contributed by atoms with van der Waals surface area (Å²) in [6.45, 7) is 0.0659. The van der Waals surface area contributed by atoms with Crippen LogP contribution < -0.4 is 15.6 Å². The first-order valence-electron chi connectivity index (χ1n) is 7.88. The van der Waals surface area contributed by atoms with E-state index in [1.165, 1.54) is 26.4 Å². The minimum absolute atomic E-state index is 0.00664. The quantitative estimate of drug-likeness (QED) is 0.695. The predicted octanol–water partition coefficient (Wildman–Crippen LogP) is 0.473. The Balaban J connectivity index is 2.12. The second kappa shape index (κ2) is 8.82. The number of amides is 1. The minimum atomic E-state index is -0.660. The zero-order valence-corrected chi connectivity index (χ0v) is 14.5. The average molecular weight is 360 g/mol. The van der Waals surface area contributed by atoms with Gasteiger partial charge in [0.2, 0.25) is 0 Å². The zero-order chi connectivity index (χ0) is 19.1. The number of benzene rings is 1. The van der Waals surface area contributed by atoms with Crippen molar-refractivity contribution < 1.29 is 24.2 Å². The molecular weight excluding hydrogens is 340 g/mol. The first kappa shape index (κ1) is 19.2. The number of aliphatic hydroxyl groups excluding tert-OH is 1. The van der Waals surface area contributed by atoms with Gasteiger partial charge in [-0.1, -0.05) is 12.1 Å². The van der Waals surface area contributed by atoms with E-state index in [0.29, 0.717) is 11.3 Å². The molecule has 0 bridgehead atoms. The van der Waals surface area contributed by atoms with Gasteiger partial charge < -0.3 is 24.5 Å². The first-order chi connectivity index (χ1) is 12.5. The van der Waals surface area contributed by atoms with Gasteiger partial charge in [0.15, 0.2) is 0 Å². The number of rotatable bonds is 7. The number of pyridine rings is 1. The van der Waals surface area contributed by atoms with Crippen LogP contribution >= 0.6 is 0 Å². The second-order valence-corrected chi connectivity index (χ2v) is 5.43.